The van der Waals surface area contributed by atoms with Crippen LogP contribution in [0, 0.1) is 6.92 Å². The molecule has 6 heteroatoms. The second-order valence-electron chi connectivity index (χ2n) is 4.48. The lowest BCUT2D eigenvalue weighted by Gasteiger charge is -2.22. The molecule has 0 unspecified atom stereocenters. The molecule has 2 aromatic heterocycles. The van der Waals surface area contributed by atoms with Gasteiger partial charge in [0.15, 0.2) is 5.65 Å². The van der Waals surface area contributed by atoms with Crippen molar-refractivity contribution in [2.75, 3.05) is 13.1 Å². The molecule has 2 aromatic rings. The highest BCUT2D eigenvalue weighted by atomic mass is 16.1. The highest BCUT2D eigenvalue weighted by Gasteiger charge is 2.17. The molecule has 17 heavy (non-hydrogen) atoms. The lowest BCUT2D eigenvalue weighted by Crippen LogP contribution is -2.29. The monoisotopic (exact) mass is 233 g/mol. The molecular formula is C11H15N5O. The Hall–Kier alpha value is -1.69. The first kappa shape index (κ1) is 10.5. The Labute approximate surface area is 98.1 Å². The van der Waals surface area contributed by atoms with Gasteiger partial charge in [-0.05, 0) is 32.9 Å². The summed E-state index contributed by atoms with van der Waals surface area (Å²) in [5.74, 6) is 1.05. The molecule has 1 saturated heterocycles. The van der Waals surface area contributed by atoms with Crippen LogP contribution in [0.1, 0.15) is 30.3 Å². The van der Waals surface area contributed by atoms with Gasteiger partial charge in [-0.1, -0.05) is 0 Å². The van der Waals surface area contributed by atoms with Crippen molar-refractivity contribution in [1.82, 2.24) is 24.9 Å². The molecule has 0 atom stereocenters. The maximum Gasteiger partial charge on any atom is 0.348 e. The van der Waals surface area contributed by atoms with E-state index in [1.54, 1.807) is 6.92 Å². The van der Waals surface area contributed by atoms with E-state index >= 15 is 0 Å². The van der Waals surface area contributed by atoms with Crippen LogP contribution in [0.5, 0.6) is 0 Å². The van der Waals surface area contributed by atoms with Crippen LogP contribution in [-0.2, 0) is 0 Å². The van der Waals surface area contributed by atoms with E-state index in [0.29, 0.717) is 17.4 Å². The molecule has 0 saturated carbocycles. The van der Waals surface area contributed by atoms with Gasteiger partial charge in [0.05, 0.1) is 0 Å². The van der Waals surface area contributed by atoms with Crippen molar-refractivity contribution in [2.45, 2.75) is 25.7 Å². The zero-order valence-corrected chi connectivity index (χ0v) is 9.73. The Balaban J connectivity index is 2.08. The average Bonchev–Trinajstić information content (AvgIpc) is 2.71. The number of hydrogen-bond acceptors (Lipinski definition) is 4. The van der Waals surface area contributed by atoms with Crippen molar-refractivity contribution in [1.29, 1.82) is 0 Å². The fourth-order valence-corrected chi connectivity index (χ4v) is 2.38. The maximum absolute atomic E-state index is 11.8. The van der Waals surface area contributed by atoms with E-state index in [4.69, 9.17) is 0 Å². The van der Waals surface area contributed by atoms with Crippen LogP contribution in [0.2, 0.25) is 0 Å². The van der Waals surface area contributed by atoms with Gasteiger partial charge in [-0.3, -0.25) is 0 Å². The highest BCUT2D eigenvalue weighted by Crippen LogP contribution is 2.22. The van der Waals surface area contributed by atoms with Crippen LogP contribution >= 0.6 is 0 Å². The summed E-state index contributed by atoms with van der Waals surface area (Å²) in [4.78, 5) is 19.0. The van der Waals surface area contributed by atoms with Gasteiger partial charge in [0.1, 0.15) is 5.82 Å². The lowest BCUT2D eigenvalue weighted by atomic mass is 9.94. The van der Waals surface area contributed by atoms with Crippen LogP contribution in [0.4, 0.5) is 0 Å². The molecule has 1 aliphatic heterocycles. The number of piperidine rings is 1. The minimum absolute atomic E-state index is 0.198. The lowest BCUT2D eigenvalue weighted by molar-refractivity contribution is 0.451. The molecule has 3 rings (SSSR count). The van der Waals surface area contributed by atoms with Gasteiger partial charge in [-0.15, -0.1) is 5.10 Å². The number of H-pyrrole nitrogens is 1. The molecule has 90 valence electrons. The van der Waals surface area contributed by atoms with E-state index in [0.717, 1.165) is 31.6 Å². The Morgan fingerprint density at radius 3 is 2.94 bits per heavy atom. The minimum atomic E-state index is -0.198. The predicted molar refractivity (Wildman–Crippen MR) is 63.2 cm³/mol. The number of aromatic amines is 1. The van der Waals surface area contributed by atoms with E-state index < -0.39 is 0 Å². The maximum atomic E-state index is 11.8. The van der Waals surface area contributed by atoms with Gasteiger partial charge in [0.25, 0.3) is 0 Å². The van der Waals surface area contributed by atoms with Crippen molar-refractivity contribution >= 4 is 5.65 Å². The van der Waals surface area contributed by atoms with Crippen molar-refractivity contribution in [2.24, 2.45) is 0 Å². The molecule has 0 radical (unpaired) electrons. The van der Waals surface area contributed by atoms with E-state index in [9.17, 15) is 4.79 Å². The Morgan fingerprint density at radius 2 is 2.18 bits per heavy atom. The van der Waals surface area contributed by atoms with Crippen LogP contribution in [0.3, 0.4) is 0 Å². The summed E-state index contributed by atoms with van der Waals surface area (Å²) in [7, 11) is 0. The molecule has 0 amide bonds. The fraction of sp³-hybridized carbons (Fsp3) is 0.545. The standard InChI is InChI=1S/C11H15N5O/c1-7-13-10-6-9(8-2-4-12-5-3-8)14-11(17)16(10)15-7/h6,8,12H,2-5H2,1H3,(H,14,17). The summed E-state index contributed by atoms with van der Waals surface area (Å²) in [6.45, 7) is 3.80. The van der Waals surface area contributed by atoms with Gasteiger partial charge in [-0.25, -0.2) is 9.78 Å². The zero-order valence-electron chi connectivity index (χ0n) is 9.73. The summed E-state index contributed by atoms with van der Waals surface area (Å²) < 4.78 is 1.32. The number of aromatic nitrogens is 4. The molecule has 2 N–H and O–H groups in total. The van der Waals surface area contributed by atoms with E-state index in [1.807, 2.05) is 6.07 Å². The number of hydrogen-bond donors (Lipinski definition) is 2. The topological polar surface area (TPSA) is 75.1 Å². The molecule has 6 nitrogen and oxygen atoms in total. The molecule has 1 aliphatic rings. The summed E-state index contributed by atoms with van der Waals surface area (Å²) in [6.07, 6.45) is 2.11. The Bertz CT molecular complexity index is 593. The quantitative estimate of drug-likeness (QED) is 0.737. The summed E-state index contributed by atoms with van der Waals surface area (Å²) in [5, 5.41) is 7.36. The molecule has 0 spiro atoms. The summed E-state index contributed by atoms with van der Waals surface area (Å²) in [6, 6.07) is 1.94. The fourth-order valence-electron chi connectivity index (χ4n) is 2.38. The van der Waals surface area contributed by atoms with E-state index in [-0.39, 0.29) is 5.69 Å². The third kappa shape index (κ3) is 1.84. The number of nitrogens with zero attached hydrogens (tertiary/aromatic N) is 3. The second-order valence-corrected chi connectivity index (χ2v) is 4.48. The third-order valence-corrected chi connectivity index (χ3v) is 3.25. The Morgan fingerprint density at radius 1 is 1.41 bits per heavy atom. The first-order valence-electron chi connectivity index (χ1n) is 5.91. The second kappa shape index (κ2) is 3.96. The molecule has 0 aromatic carbocycles. The predicted octanol–water partition coefficient (Wildman–Crippen LogP) is 0.193. The zero-order chi connectivity index (χ0) is 11.8. The Kier molecular flexibility index (Phi) is 2.44. The van der Waals surface area contributed by atoms with Crippen molar-refractivity contribution in [3.8, 4) is 0 Å². The molecule has 0 aliphatic carbocycles. The first-order chi connectivity index (χ1) is 8.24. The first-order valence-corrected chi connectivity index (χ1v) is 5.91. The molecular weight excluding hydrogens is 218 g/mol. The molecule has 1 fully saturated rings. The third-order valence-electron chi connectivity index (χ3n) is 3.25. The van der Waals surface area contributed by atoms with Crippen LogP contribution in [-0.4, -0.2) is 32.7 Å². The smallest absolute Gasteiger partial charge is 0.317 e. The summed E-state index contributed by atoms with van der Waals surface area (Å²) >= 11 is 0. The van der Waals surface area contributed by atoms with E-state index in [2.05, 4.69) is 20.4 Å². The SMILES string of the molecule is Cc1nc2cc(C3CCNCC3)[nH]c(=O)n2n1. The van der Waals surface area contributed by atoms with Crippen molar-refractivity contribution < 1.29 is 0 Å². The number of aryl methyl sites for hydroxylation is 1. The number of fused-ring (bicyclic) bond motifs is 1. The highest BCUT2D eigenvalue weighted by molar-refractivity contribution is 5.38. The van der Waals surface area contributed by atoms with Gasteiger partial charge in [0, 0.05) is 17.7 Å². The molecule has 0 bridgehead atoms. The van der Waals surface area contributed by atoms with Crippen LogP contribution in [0.15, 0.2) is 10.9 Å². The van der Waals surface area contributed by atoms with E-state index in [1.165, 1.54) is 4.52 Å². The van der Waals surface area contributed by atoms with Gasteiger partial charge in [0.2, 0.25) is 0 Å². The van der Waals surface area contributed by atoms with Crippen molar-refractivity contribution in [3.63, 3.8) is 0 Å². The minimum Gasteiger partial charge on any atom is -0.317 e. The summed E-state index contributed by atoms with van der Waals surface area (Å²) in [5.41, 5.74) is 1.42. The molecule has 3 heterocycles. The van der Waals surface area contributed by atoms with Gasteiger partial charge < -0.3 is 10.3 Å². The average molecular weight is 233 g/mol. The van der Waals surface area contributed by atoms with Crippen LogP contribution < -0.4 is 11.0 Å². The van der Waals surface area contributed by atoms with Gasteiger partial charge >= 0.3 is 5.69 Å². The largest absolute Gasteiger partial charge is 0.348 e. The number of rotatable bonds is 1. The van der Waals surface area contributed by atoms with Gasteiger partial charge in [-0.2, -0.15) is 4.52 Å². The van der Waals surface area contributed by atoms with Crippen LogP contribution in [0.25, 0.3) is 5.65 Å². The number of nitrogens with one attached hydrogen (secondary N) is 2. The normalized spacial score (nSPS) is 17.7. The van der Waals surface area contributed by atoms with Crippen molar-refractivity contribution in [3.05, 3.63) is 28.1 Å².